The second kappa shape index (κ2) is 2.57. The highest BCUT2D eigenvalue weighted by atomic mass is 79.9. The fourth-order valence-corrected chi connectivity index (χ4v) is 1.81. The Morgan fingerprint density at radius 3 is 3.27 bits per heavy atom. The van der Waals surface area contributed by atoms with Crippen molar-refractivity contribution >= 4 is 15.9 Å². The molecular weight excluding hydrogens is 204 g/mol. The number of aryl methyl sites for hydroxylation is 1. The van der Waals surface area contributed by atoms with Crippen LogP contribution in [0.3, 0.4) is 0 Å². The van der Waals surface area contributed by atoms with Crippen molar-refractivity contribution < 1.29 is 0 Å². The highest BCUT2D eigenvalue weighted by molar-refractivity contribution is 9.10. The Morgan fingerprint density at radius 1 is 1.64 bits per heavy atom. The lowest BCUT2D eigenvalue weighted by Crippen LogP contribution is -2.05. The lowest BCUT2D eigenvalue weighted by atomic mass is 10.2. The first kappa shape index (κ1) is 7.25. The molecule has 0 spiro atoms. The molecule has 1 unspecified atom stereocenters. The summed E-state index contributed by atoms with van der Waals surface area (Å²) in [5.74, 6) is 0. The van der Waals surface area contributed by atoms with Crippen molar-refractivity contribution in [1.29, 1.82) is 0 Å². The van der Waals surface area contributed by atoms with E-state index in [4.69, 9.17) is 5.73 Å². The number of nitrogens with zero attached hydrogens (tertiary/aromatic N) is 1. The normalized spacial score (nSPS) is 21.8. The summed E-state index contributed by atoms with van der Waals surface area (Å²) in [4.78, 5) is 4.28. The van der Waals surface area contributed by atoms with E-state index in [1.165, 1.54) is 11.3 Å². The number of rotatable bonds is 0. The molecule has 0 saturated heterocycles. The van der Waals surface area contributed by atoms with E-state index in [-0.39, 0.29) is 6.04 Å². The maximum absolute atomic E-state index is 5.85. The molecule has 1 atom stereocenters. The number of nitrogens with two attached hydrogens (primary N) is 1. The van der Waals surface area contributed by atoms with E-state index in [1.54, 1.807) is 0 Å². The molecule has 2 rings (SSSR count). The summed E-state index contributed by atoms with van der Waals surface area (Å²) < 4.78 is 1.02. The summed E-state index contributed by atoms with van der Waals surface area (Å²) in [5, 5.41) is 0. The Balaban J connectivity index is 2.52. The van der Waals surface area contributed by atoms with Crippen LogP contribution in [0.5, 0.6) is 0 Å². The van der Waals surface area contributed by atoms with Crippen molar-refractivity contribution in [3.63, 3.8) is 0 Å². The smallest absolute Gasteiger partial charge is 0.0452 e. The zero-order chi connectivity index (χ0) is 7.84. The summed E-state index contributed by atoms with van der Waals surface area (Å²) in [6, 6.07) is 2.27. The van der Waals surface area contributed by atoms with Crippen LogP contribution in [-0.2, 0) is 6.42 Å². The molecule has 58 valence electrons. The van der Waals surface area contributed by atoms with Crippen LogP contribution in [0.4, 0.5) is 0 Å². The van der Waals surface area contributed by atoms with Gasteiger partial charge in [-0.2, -0.15) is 0 Å². The molecule has 2 N–H and O–H groups in total. The Kier molecular flexibility index (Phi) is 1.69. The van der Waals surface area contributed by atoms with Crippen LogP contribution in [0.2, 0.25) is 0 Å². The van der Waals surface area contributed by atoms with Crippen molar-refractivity contribution in [2.75, 3.05) is 0 Å². The highest BCUT2D eigenvalue weighted by Gasteiger charge is 2.19. The molecule has 0 aliphatic heterocycles. The molecule has 0 radical (unpaired) electrons. The zero-order valence-corrected chi connectivity index (χ0v) is 7.63. The first-order chi connectivity index (χ1) is 5.27. The van der Waals surface area contributed by atoms with E-state index in [9.17, 15) is 0 Å². The number of fused-ring (bicyclic) bond motifs is 1. The van der Waals surface area contributed by atoms with E-state index in [1.807, 2.05) is 6.20 Å². The average Bonchev–Trinajstić information content (AvgIpc) is 2.33. The van der Waals surface area contributed by atoms with Gasteiger partial charge in [-0.05, 0) is 40.4 Å². The second-order valence-corrected chi connectivity index (χ2v) is 3.75. The molecule has 0 fully saturated rings. The SMILES string of the molecule is NC1CCc2ncc(Br)cc21. The molecular formula is C8H9BrN2. The standard InChI is InChI=1S/C8H9BrN2/c9-5-3-6-7(10)1-2-8(6)11-4-5/h3-4,7H,1-2,10H2. The van der Waals surface area contributed by atoms with Gasteiger partial charge in [0.25, 0.3) is 0 Å². The van der Waals surface area contributed by atoms with Gasteiger partial charge in [-0.3, -0.25) is 4.98 Å². The Bertz CT molecular complexity index is 285. The zero-order valence-electron chi connectivity index (χ0n) is 6.05. The highest BCUT2D eigenvalue weighted by Crippen LogP contribution is 2.29. The maximum Gasteiger partial charge on any atom is 0.0452 e. The molecule has 0 amide bonds. The summed E-state index contributed by atoms with van der Waals surface area (Å²) in [5.41, 5.74) is 8.23. The third-order valence-corrected chi connectivity index (χ3v) is 2.50. The molecule has 1 aliphatic carbocycles. The van der Waals surface area contributed by atoms with Gasteiger partial charge in [0.2, 0.25) is 0 Å². The minimum Gasteiger partial charge on any atom is -0.324 e. The summed E-state index contributed by atoms with van der Waals surface area (Å²) in [7, 11) is 0. The molecule has 2 nitrogen and oxygen atoms in total. The van der Waals surface area contributed by atoms with Crippen LogP contribution >= 0.6 is 15.9 Å². The van der Waals surface area contributed by atoms with E-state index in [0.717, 1.165) is 17.3 Å². The number of halogens is 1. The first-order valence-electron chi connectivity index (χ1n) is 3.67. The van der Waals surface area contributed by atoms with Gasteiger partial charge in [0.15, 0.2) is 0 Å². The number of hydrogen-bond acceptors (Lipinski definition) is 2. The third-order valence-electron chi connectivity index (χ3n) is 2.06. The van der Waals surface area contributed by atoms with Crippen molar-refractivity contribution in [3.05, 3.63) is 28.0 Å². The van der Waals surface area contributed by atoms with Crippen LogP contribution in [-0.4, -0.2) is 4.98 Å². The van der Waals surface area contributed by atoms with Crippen LogP contribution < -0.4 is 5.73 Å². The van der Waals surface area contributed by atoms with Crippen LogP contribution in [0.25, 0.3) is 0 Å². The first-order valence-corrected chi connectivity index (χ1v) is 4.46. The predicted molar refractivity (Wildman–Crippen MR) is 47.2 cm³/mol. The molecule has 1 heterocycles. The van der Waals surface area contributed by atoms with E-state index < -0.39 is 0 Å². The number of pyridine rings is 1. The molecule has 11 heavy (non-hydrogen) atoms. The summed E-state index contributed by atoms with van der Waals surface area (Å²) in [6.07, 6.45) is 3.90. The summed E-state index contributed by atoms with van der Waals surface area (Å²) in [6.45, 7) is 0. The van der Waals surface area contributed by atoms with Gasteiger partial charge >= 0.3 is 0 Å². The van der Waals surface area contributed by atoms with Crippen molar-refractivity contribution in [2.45, 2.75) is 18.9 Å². The van der Waals surface area contributed by atoms with Gasteiger partial charge in [-0.25, -0.2) is 0 Å². The molecule has 1 aromatic rings. The van der Waals surface area contributed by atoms with Gasteiger partial charge in [0.1, 0.15) is 0 Å². The lowest BCUT2D eigenvalue weighted by Gasteiger charge is -2.02. The molecule has 0 aromatic carbocycles. The maximum atomic E-state index is 5.85. The van der Waals surface area contributed by atoms with Crippen molar-refractivity contribution in [1.82, 2.24) is 4.98 Å². The fraction of sp³-hybridized carbons (Fsp3) is 0.375. The second-order valence-electron chi connectivity index (χ2n) is 2.83. The van der Waals surface area contributed by atoms with Crippen LogP contribution in [0.1, 0.15) is 23.7 Å². The van der Waals surface area contributed by atoms with Crippen molar-refractivity contribution in [3.8, 4) is 0 Å². The van der Waals surface area contributed by atoms with Crippen LogP contribution in [0, 0.1) is 0 Å². The minimum absolute atomic E-state index is 0.204. The van der Waals surface area contributed by atoms with Gasteiger partial charge in [0, 0.05) is 22.4 Å². The Morgan fingerprint density at radius 2 is 2.45 bits per heavy atom. The Labute approximate surface area is 73.9 Å². The van der Waals surface area contributed by atoms with Gasteiger partial charge in [0.05, 0.1) is 0 Å². The predicted octanol–water partition coefficient (Wildman–Crippen LogP) is 1.79. The quantitative estimate of drug-likeness (QED) is 0.713. The lowest BCUT2D eigenvalue weighted by molar-refractivity contribution is 0.712. The third kappa shape index (κ3) is 1.19. The fourth-order valence-electron chi connectivity index (χ4n) is 1.46. The topological polar surface area (TPSA) is 38.9 Å². The molecule has 1 aromatic heterocycles. The molecule has 3 heteroatoms. The average molecular weight is 213 g/mol. The monoisotopic (exact) mass is 212 g/mol. The minimum atomic E-state index is 0.204. The molecule has 1 aliphatic rings. The Hall–Kier alpha value is -0.410. The molecule has 0 bridgehead atoms. The number of hydrogen-bond donors (Lipinski definition) is 1. The summed E-state index contributed by atoms with van der Waals surface area (Å²) >= 11 is 3.37. The number of aromatic nitrogens is 1. The van der Waals surface area contributed by atoms with Gasteiger partial charge in [-0.15, -0.1) is 0 Å². The largest absolute Gasteiger partial charge is 0.324 e. The molecule has 0 saturated carbocycles. The van der Waals surface area contributed by atoms with Crippen molar-refractivity contribution in [2.24, 2.45) is 5.73 Å². The van der Waals surface area contributed by atoms with E-state index >= 15 is 0 Å². The van der Waals surface area contributed by atoms with Crippen LogP contribution in [0.15, 0.2) is 16.7 Å². The van der Waals surface area contributed by atoms with Gasteiger partial charge in [-0.1, -0.05) is 0 Å². The van der Waals surface area contributed by atoms with E-state index in [0.29, 0.717) is 0 Å². The van der Waals surface area contributed by atoms with E-state index in [2.05, 4.69) is 27.0 Å². The van der Waals surface area contributed by atoms with Gasteiger partial charge < -0.3 is 5.73 Å².